The van der Waals surface area contributed by atoms with Crippen molar-refractivity contribution >= 4 is 23.8 Å². The third-order valence-electron chi connectivity index (χ3n) is 4.27. The first-order valence-electron chi connectivity index (χ1n) is 10.8. The number of para-hydroxylation sites is 4. The van der Waals surface area contributed by atoms with Crippen LogP contribution in [0.2, 0.25) is 0 Å². The fourth-order valence-corrected chi connectivity index (χ4v) is 2.85. The minimum absolute atomic E-state index is 0. The van der Waals surface area contributed by atoms with Gasteiger partial charge in [0.15, 0.2) is 0 Å². The van der Waals surface area contributed by atoms with Crippen LogP contribution in [-0.2, 0) is 38.3 Å². The van der Waals surface area contributed by atoms with E-state index in [1.807, 2.05) is 66.7 Å². The van der Waals surface area contributed by atoms with Crippen LogP contribution >= 0.6 is 0 Å². The van der Waals surface area contributed by atoms with E-state index < -0.39 is 20.5 Å². The van der Waals surface area contributed by atoms with Crippen molar-refractivity contribution < 1.29 is 105 Å². The van der Waals surface area contributed by atoms with E-state index in [-0.39, 0.29) is 38.3 Å². The molecule has 0 amide bonds. The number of pyridine rings is 1. The summed E-state index contributed by atoms with van der Waals surface area (Å²) in [5.74, 6) is 1.49. The number of rotatable bonds is 0. The molecule has 3 aromatic rings. The van der Waals surface area contributed by atoms with Gasteiger partial charge in [0, 0.05) is 13.1 Å². The largest absolute Gasteiger partial charge is 2.00 e. The summed E-state index contributed by atoms with van der Waals surface area (Å²) in [6.45, 7) is 2.51. The molecule has 7 N–H and O–H groups in total. The van der Waals surface area contributed by atoms with Crippen molar-refractivity contribution in [3.05, 3.63) is 78.1 Å². The molecule has 0 unspecified atom stereocenters. The Bertz CT molecular complexity index is 1130. The Balaban J connectivity index is 0. The molecule has 0 saturated heterocycles. The van der Waals surface area contributed by atoms with Crippen LogP contribution in [0.3, 0.4) is 0 Å². The number of aliphatic imine (C=N–C) groups is 2. The molecule has 1 aliphatic heterocycles. The summed E-state index contributed by atoms with van der Waals surface area (Å²) in [7, 11) is -9.89. The molecule has 0 spiro atoms. The summed E-state index contributed by atoms with van der Waals surface area (Å²) in [5, 5.41) is 3.32. The Morgan fingerprint density at radius 1 is 0.571 bits per heavy atom. The van der Waals surface area contributed by atoms with Crippen molar-refractivity contribution in [2.75, 3.05) is 26.3 Å². The van der Waals surface area contributed by atoms with Crippen molar-refractivity contribution in [3.63, 3.8) is 0 Å². The number of halogens is 2. The quantitative estimate of drug-likeness (QED) is 0.166. The summed E-state index contributed by atoms with van der Waals surface area (Å²) >= 11 is 0. The molecule has 226 valence electrons. The van der Waals surface area contributed by atoms with Crippen LogP contribution in [0.15, 0.2) is 76.7 Å². The minimum atomic E-state index is -4.94. The van der Waals surface area contributed by atoms with Crippen LogP contribution in [0.5, 0.6) is 11.5 Å². The van der Waals surface area contributed by atoms with Crippen LogP contribution in [0.4, 0.5) is 11.4 Å². The van der Waals surface area contributed by atoms with Gasteiger partial charge in [0.1, 0.15) is 36.1 Å². The van der Waals surface area contributed by atoms with Gasteiger partial charge >= 0.3 is 27.3 Å². The Morgan fingerprint density at radius 2 is 0.929 bits per heavy atom. The number of hydrogen-bond acceptors (Lipinski definition) is 14. The SMILES string of the molecule is C1=Nc2ccccc2OCCNCCOc2ccccc2N=Cc2cccc1n2.[Cd+2].[O-][Cl+3]([O-])([O-])[O-].[O-][Cl+3]([O-])([O-])[O-].[OH3+].[OH3+]. The van der Waals surface area contributed by atoms with Crippen LogP contribution in [0.1, 0.15) is 11.4 Å². The predicted octanol–water partition coefficient (Wildman–Crippen LogP) is -7.41. The maximum absolute atomic E-state index is 8.49. The van der Waals surface area contributed by atoms with E-state index in [0.29, 0.717) is 26.3 Å². The van der Waals surface area contributed by atoms with Gasteiger partial charge in [-0.15, -0.1) is 20.5 Å². The molecule has 0 fully saturated rings. The summed E-state index contributed by atoms with van der Waals surface area (Å²) in [6.07, 6.45) is 3.47. The van der Waals surface area contributed by atoms with E-state index in [4.69, 9.17) is 46.7 Å². The second kappa shape index (κ2) is 21.3. The van der Waals surface area contributed by atoms with Gasteiger partial charge in [0.05, 0.1) is 23.8 Å². The molecule has 1 aliphatic rings. The molecule has 2 bridgehead atoms. The zero-order valence-electron chi connectivity index (χ0n) is 21.9. The molecule has 42 heavy (non-hydrogen) atoms. The van der Waals surface area contributed by atoms with Gasteiger partial charge in [0.25, 0.3) is 0 Å². The minimum Gasteiger partial charge on any atom is -0.490 e. The van der Waals surface area contributed by atoms with Crippen LogP contribution in [0, 0.1) is 20.5 Å². The van der Waals surface area contributed by atoms with Crippen molar-refractivity contribution in [1.82, 2.24) is 10.3 Å². The molecule has 4 rings (SSSR count). The van der Waals surface area contributed by atoms with Crippen LogP contribution in [-0.4, -0.2) is 43.7 Å². The van der Waals surface area contributed by atoms with E-state index >= 15 is 0 Å². The maximum atomic E-state index is 8.49. The third-order valence-corrected chi connectivity index (χ3v) is 4.27. The molecule has 19 heteroatoms. The number of nitrogens with one attached hydrogen (secondary N) is 1. The van der Waals surface area contributed by atoms with Gasteiger partial charge in [-0.3, -0.25) is 9.98 Å². The summed E-state index contributed by atoms with van der Waals surface area (Å²) in [6, 6.07) is 21.2. The van der Waals surface area contributed by atoms with E-state index in [9.17, 15) is 0 Å². The van der Waals surface area contributed by atoms with Gasteiger partial charge in [0.2, 0.25) is 0 Å². The van der Waals surface area contributed by atoms with Gasteiger partial charge in [-0.25, -0.2) is 42.3 Å². The standard InChI is InChI=1S/C23H22N4O2.Cd.2ClHO4.2H2O/c1-3-10-22-20(8-1)25-16-18-6-5-7-19(27-18)17-26-21-9-2-4-11-23(21)29-15-13-24-12-14-28-22;;2*2-1(3,4)5;;/h1-11,16-17,24H,12-15H2;;2*(H,2,3,4,5);2*1H2/q;+2;;;;. The van der Waals surface area contributed by atoms with E-state index in [1.54, 1.807) is 12.4 Å². The van der Waals surface area contributed by atoms with Gasteiger partial charge in [-0.1, -0.05) is 30.3 Å². The molecule has 2 heterocycles. The first kappa shape index (κ1) is 41.7. The van der Waals surface area contributed by atoms with E-state index in [0.717, 1.165) is 34.3 Å². The van der Waals surface area contributed by atoms with Crippen molar-refractivity contribution in [2.45, 2.75) is 0 Å². The smallest absolute Gasteiger partial charge is 0.490 e. The van der Waals surface area contributed by atoms with E-state index in [2.05, 4.69) is 20.3 Å². The summed E-state index contributed by atoms with van der Waals surface area (Å²) in [5.41, 5.74) is 3.03. The number of nitrogens with zero attached hydrogens (tertiary/aromatic N) is 3. The Labute approximate surface area is 264 Å². The Kier molecular flexibility index (Phi) is 21.2. The molecule has 2 aromatic carbocycles. The Hall–Kier alpha value is -2.41. The molecule has 0 atom stereocenters. The molecular formula is C23H28CdCl2N4O12+2. The number of hydrogen-bond donors (Lipinski definition) is 1. The van der Waals surface area contributed by atoms with Crippen LogP contribution in [0.25, 0.3) is 0 Å². The first-order chi connectivity index (χ1) is 18.4. The molecular weight excluding hydrogens is 708 g/mol. The zero-order valence-corrected chi connectivity index (χ0v) is 27.4. The molecule has 0 aliphatic carbocycles. The first-order valence-corrected chi connectivity index (χ1v) is 13.3. The number of ether oxygens (including phenoxy) is 2. The molecule has 0 saturated carbocycles. The summed E-state index contributed by atoms with van der Waals surface area (Å²) < 4.78 is 79.7. The molecule has 0 radical (unpaired) electrons. The topological polar surface area (TPSA) is 319 Å². The summed E-state index contributed by atoms with van der Waals surface area (Å²) in [4.78, 5) is 13.7. The maximum Gasteiger partial charge on any atom is 2.00 e. The number of fused-ring (bicyclic) bond motifs is 4. The van der Waals surface area contributed by atoms with Crippen LogP contribution < -0.4 is 52.1 Å². The van der Waals surface area contributed by atoms with E-state index in [1.165, 1.54) is 0 Å². The van der Waals surface area contributed by atoms with Gasteiger partial charge < -0.3 is 25.7 Å². The van der Waals surface area contributed by atoms with Crippen molar-refractivity contribution in [2.24, 2.45) is 9.98 Å². The number of benzene rings is 2. The second-order valence-corrected chi connectivity index (χ2v) is 8.65. The normalized spacial score (nSPS) is 12.9. The Morgan fingerprint density at radius 3 is 1.31 bits per heavy atom. The van der Waals surface area contributed by atoms with Crippen molar-refractivity contribution in [3.8, 4) is 11.5 Å². The molecule has 16 nitrogen and oxygen atoms in total. The number of aromatic nitrogens is 1. The monoisotopic (exact) mass is 736 g/mol. The predicted molar refractivity (Wildman–Crippen MR) is 125 cm³/mol. The molecule has 1 aromatic heterocycles. The fourth-order valence-electron chi connectivity index (χ4n) is 2.85. The average Bonchev–Trinajstić information content (AvgIpc) is 2.85. The average molecular weight is 736 g/mol. The third kappa shape index (κ3) is 20.5. The fraction of sp³-hybridized carbons (Fsp3) is 0.174. The second-order valence-electron chi connectivity index (χ2n) is 7.14. The van der Waals surface area contributed by atoms with Crippen molar-refractivity contribution in [1.29, 1.82) is 0 Å². The van der Waals surface area contributed by atoms with Gasteiger partial charge in [-0.05, 0) is 36.4 Å². The van der Waals surface area contributed by atoms with Gasteiger partial charge in [-0.2, -0.15) is 0 Å². The zero-order chi connectivity index (χ0) is 28.7.